The Morgan fingerprint density at radius 2 is 1.88 bits per heavy atom. The summed E-state index contributed by atoms with van der Waals surface area (Å²) in [5.41, 5.74) is 3.99. The molecule has 5 heterocycles. The topological polar surface area (TPSA) is 105 Å². The normalized spacial score (nSPS) is 11.2. The van der Waals surface area contributed by atoms with Crippen molar-refractivity contribution < 1.29 is 14.6 Å². The number of fused-ring (bicyclic) bond motifs is 1. The number of nitrogens with zero attached hydrogens (tertiary/aromatic N) is 7. The molecule has 1 N–H and O–H groups in total. The third-order valence-corrected chi connectivity index (χ3v) is 5.54. The average Bonchev–Trinajstić information content (AvgIpc) is 3.56. The van der Waals surface area contributed by atoms with E-state index in [9.17, 15) is 5.11 Å². The number of hydrogen-bond donors (Lipinski definition) is 1. The molecule has 0 aliphatic heterocycles. The molecule has 0 radical (unpaired) electrons. The maximum Gasteiger partial charge on any atom is 0.256 e. The molecule has 33 heavy (non-hydrogen) atoms. The number of pyridine rings is 2. The van der Waals surface area contributed by atoms with Gasteiger partial charge in [0.1, 0.15) is 0 Å². The van der Waals surface area contributed by atoms with Crippen LogP contribution in [0.2, 0.25) is 0 Å². The third-order valence-electron chi connectivity index (χ3n) is 5.54. The molecule has 0 amide bonds. The second-order valence-corrected chi connectivity index (χ2v) is 7.54. The number of ether oxygens (including phenoxy) is 2. The van der Waals surface area contributed by atoms with Crippen LogP contribution in [0, 0.1) is 6.92 Å². The lowest BCUT2D eigenvalue weighted by molar-refractivity contribution is 0.343. The molecule has 10 nitrogen and oxygen atoms in total. The van der Waals surface area contributed by atoms with Crippen molar-refractivity contribution in [3.05, 3.63) is 60.9 Å². The van der Waals surface area contributed by atoms with Gasteiger partial charge in [0.25, 0.3) is 5.88 Å². The van der Waals surface area contributed by atoms with E-state index in [0.29, 0.717) is 41.3 Å². The Morgan fingerprint density at radius 1 is 1.00 bits per heavy atom. The van der Waals surface area contributed by atoms with Crippen LogP contribution in [0.4, 0.5) is 0 Å². The molecule has 5 aromatic rings. The van der Waals surface area contributed by atoms with Gasteiger partial charge in [-0.05, 0) is 31.2 Å². The molecule has 5 rings (SSSR count). The van der Waals surface area contributed by atoms with Crippen LogP contribution in [0.25, 0.3) is 27.8 Å². The second-order valence-electron chi connectivity index (χ2n) is 7.54. The number of aryl methyl sites for hydroxylation is 3. The maximum atomic E-state index is 10.8. The van der Waals surface area contributed by atoms with Gasteiger partial charge in [0, 0.05) is 36.0 Å². The first-order chi connectivity index (χ1) is 16.1. The fourth-order valence-electron chi connectivity index (χ4n) is 3.73. The van der Waals surface area contributed by atoms with Crippen LogP contribution in [0.1, 0.15) is 5.69 Å². The summed E-state index contributed by atoms with van der Waals surface area (Å²) in [6, 6.07) is 7.47. The van der Waals surface area contributed by atoms with E-state index in [1.54, 1.807) is 43.6 Å². The fraction of sp³-hybridized carbons (Fsp3) is 0.217. The van der Waals surface area contributed by atoms with Crippen LogP contribution in [0.3, 0.4) is 0 Å². The van der Waals surface area contributed by atoms with E-state index in [4.69, 9.17) is 14.5 Å². The van der Waals surface area contributed by atoms with Gasteiger partial charge in [-0.1, -0.05) is 0 Å². The van der Waals surface area contributed by atoms with Crippen molar-refractivity contribution in [2.75, 3.05) is 14.2 Å². The van der Waals surface area contributed by atoms with E-state index in [0.717, 1.165) is 16.9 Å². The van der Waals surface area contributed by atoms with Crippen molar-refractivity contribution in [2.45, 2.75) is 20.0 Å². The van der Waals surface area contributed by atoms with Gasteiger partial charge in [0.05, 0.1) is 55.8 Å². The largest absolute Gasteiger partial charge is 0.494 e. The van der Waals surface area contributed by atoms with E-state index in [2.05, 4.69) is 15.2 Å². The summed E-state index contributed by atoms with van der Waals surface area (Å²) in [5, 5.41) is 20.2. The molecule has 10 heteroatoms. The highest BCUT2D eigenvalue weighted by atomic mass is 16.5. The van der Waals surface area contributed by atoms with Crippen molar-refractivity contribution in [1.29, 1.82) is 0 Å². The highest BCUT2D eigenvalue weighted by Gasteiger charge is 2.15. The Balaban J connectivity index is 1.43. The van der Waals surface area contributed by atoms with Crippen molar-refractivity contribution >= 4 is 10.9 Å². The molecule has 5 aromatic heterocycles. The number of aromatic hydroxyl groups is 1. The molecule has 0 aliphatic rings. The van der Waals surface area contributed by atoms with Crippen molar-refractivity contribution in [3.8, 4) is 34.5 Å². The number of rotatable bonds is 7. The van der Waals surface area contributed by atoms with Crippen LogP contribution in [-0.2, 0) is 13.1 Å². The summed E-state index contributed by atoms with van der Waals surface area (Å²) >= 11 is 0. The van der Waals surface area contributed by atoms with Gasteiger partial charge in [-0.15, -0.1) is 0 Å². The lowest BCUT2D eigenvalue weighted by Crippen LogP contribution is -2.10. The van der Waals surface area contributed by atoms with E-state index in [1.165, 1.54) is 0 Å². The number of aromatic nitrogens is 7. The predicted molar refractivity (Wildman–Crippen MR) is 122 cm³/mol. The van der Waals surface area contributed by atoms with Crippen LogP contribution in [0.15, 0.2) is 55.2 Å². The van der Waals surface area contributed by atoms with Crippen LogP contribution in [0.5, 0.6) is 17.5 Å². The first-order valence-corrected chi connectivity index (χ1v) is 10.4. The first-order valence-electron chi connectivity index (χ1n) is 10.4. The summed E-state index contributed by atoms with van der Waals surface area (Å²) in [5.74, 6) is 1.04. The lowest BCUT2D eigenvalue weighted by Gasteiger charge is -2.08. The van der Waals surface area contributed by atoms with Gasteiger partial charge in [-0.3, -0.25) is 13.9 Å². The van der Waals surface area contributed by atoms with Crippen molar-refractivity contribution in [3.63, 3.8) is 0 Å². The average molecular weight is 445 g/mol. The number of methoxy groups -OCH3 is 2. The standard InChI is InChI=1S/C23H23N7O3/c1-15-6-7-25-30(15)9-8-28-13-17(12-26-28)29-14-20-18(23(29)31)4-5-19(27-20)16-10-21(32-2)22(33-3)24-11-16/h4-7,10-14,31H,8-9H2,1-3H3. The van der Waals surface area contributed by atoms with Crippen molar-refractivity contribution in [1.82, 2.24) is 34.1 Å². The lowest BCUT2D eigenvalue weighted by atomic mass is 10.1. The second kappa shape index (κ2) is 8.30. The van der Waals surface area contributed by atoms with Crippen LogP contribution in [-0.4, -0.2) is 53.4 Å². The van der Waals surface area contributed by atoms with E-state index in [-0.39, 0.29) is 5.88 Å². The molecule has 0 fully saturated rings. The molecular formula is C23H23N7O3. The molecule has 0 bridgehead atoms. The van der Waals surface area contributed by atoms with Crippen molar-refractivity contribution in [2.24, 2.45) is 0 Å². The van der Waals surface area contributed by atoms with Gasteiger partial charge in [-0.25, -0.2) is 9.97 Å². The Hall–Kier alpha value is -4.34. The fourth-order valence-corrected chi connectivity index (χ4v) is 3.73. The SMILES string of the molecule is COc1cc(-c2ccc3c(O)n(-c4cnn(CCn5nccc5C)c4)cc3n2)cnc1OC. The van der Waals surface area contributed by atoms with E-state index < -0.39 is 0 Å². The van der Waals surface area contributed by atoms with Gasteiger partial charge in [0.2, 0.25) is 5.88 Å². The highest BCUT2D eigenvalue weighted by Crippen LogP contribution is 2.33. The Morgan fingerprint density at radius 3 is 2.64 bits per heavy atom. The van der Waals surface area contributed by atoms with Gasteiger partial charge in [-0.2, -0.15) is 10.2 Å². The van der Waals surface area contributed by atoms with Gasteiger partial charge < -0.3 is 14.6 Å². The summed E-state index contributed by atoms with van der Waals surface area (Å²) < 4.78 is 16.0. The molecule has 168 valence electrons. The maximum absolute atomic E-state index is 10.8. The monoisotopic (exact) mass is 445 g/mol. The van der Waals surface area contributed by atoms with Crippen LogP contribution >= 0.6 is 0 Å². The van der Waals surface area contributed by atoms with E-state index in [1.807, 2.05) is 46.7 Å². The minimum Gasteiger partial charge on any atom is -0.494 e. The molecule has 0 atom stereocenters. The molecule has 0 saturated heterocycles. The molecule has 0 saturated carbocycles. The van der Waals surface area contributed by atoms with Crippen LogP contribution < -0.4 is 9.47 Å². The summed E-state index contributed by atoms with van der Waals surface area (Å²) in [6.07, 6.45) is 8.86. The zero-order valence-electron chi connectivity index (χ0n) is 18.5. The molecule has 0 aromatic carbocycles. The van der Waals surface area contributed by atoms with E-state index >= 15 is 0 Å². The third kappa shape index (κ3) is 3.75. The Labute approximate surface area is 189 Å². The molecule has 0 spiro atoms. The quantitative estimate of drug-likeness (QED) is 0.410. The van der Waals surface area contributed by atoms with Gasteiger partial charge in [0.15, 0.2) is 5.75 Å². The molecule has 0 aliphatic carbocycles. The molecule has 0 unspecified atom stereocenters. The smallest absolute Gasteiger partial charge is 0.256 e. The zero-order valence-corrected chi connectivity index (χ0v) is 18.5. The minimum atomic E-state index is 0.108. The summed E-state index contributed by atoms with van der Waals surface area (Å²) in [6.45, 7) is 3.40. The summed E-state index contributed by atoms with van der Waals surface area (Å²) in [7, 11) is 3.11. The Kier molecular flexibility index (Phi) is 5.17. The number of hydrogen-bond acceptors (Lipinski definition) is 7. The first kappa shape index (κ1) is 20.6. The zero-order chi connectivity index (χ0) is 22.9. The Bertz CT molecular complexity index is 1430. The minimum absolute atomic E-state index is 0.108. The van der Waals surface area contributed by atoms with Gasteiger partial charge >= 0.3 is 0 Å². The highest BCUT2D eigenvalue weighted by molar-refractivity contribution is 5.87. The molecular weight excluding hydrogens is 422 g/mol. The summed E-state index contributed by atoms with van der Waals surface area (Å²) in [4.78, 5) is 8.99. The predicted octanol–water partition coefficient (Wildman–Crippen LogP) is 3.21.